The standard InChI is InChI=1S/C26H29N3O2/c1-29-14-13-20(18-29)17-27-16-19-7-9-22(10-8-19)26(31)28-24-15-23(11-12-25(24)30)21-5-3-2-4-6-21/h2-12,15,20,27,30H,13-14,16-18H2,1H3,(H,28,31). The van der Waals surface area contributed by atoms with Crippen LogP contribution in [0.2, 0.25) is 0 Å². The highest BCUT2D eigenvalue weighted by Gasteiger charge is 2.18. The highest BCUT2D eigenvalue weighted by atomic mass is 16.3. The Labute approximate surface area is 183 Å². The molecule has 3 aromatic rings. The first-order chi connectivity index (χ1) is 15.1. The molecule has 5 heteroatoms. The number of anilines is 1. The zero-order chi connectivity index (χ0) is 21.6. The van der Waals surface area contributed by atoms with Gasteiger partial charge in [-0.15, -0.1) is 0 Å². The van der Waals surface area contributed by atoms with Gasteiger partial charge in [0.2, 0.25) is 0 Å². The molecule has 0 aromatic heterocycles. The number of phenolic OH excluding ortho intramolecular Hbond substituents is 1. The molecule has 31 heavy (non-hydrogen) atoms. The van der Waals surface area contributed by atoms with E-state index in [2.05, 4.69) is 22.6 Å². The Bertz CT molecular complexity index is 1020. The fourth-order valence-corrected chi connectivity index (χ4v) is 4.03. The van der Waals surface area contributed by atoms with Crippen molar-refractivity contribution in [2.75, 3.05) is 32.0 Å². The van der Waals surface area contributed by atoms with Gasteiger partial charge in [0.15, 0.2) is 0 Å². The molecule has 5 nitrogen and oxygen atoms in total. The summed E-state index contributed by atoms with van der Waals surface area (Å²) in [4.78, 5) is 15.1. The second kappa shape index (κ2) is 9.77. The molecule has 0 spiro atoms. The average Bonchev–Trinajstić information content (AvgIpc) is 3.21. The first kappa shape index (κ1) is 21.1. The lowest BCUT2D eigenvalue weighted by Crippen LogP contribution is -2.24. The van der Waals surface area contributed by atoms with Crippen LogP contribution in [-0.2, 0) is 6.54 Å². The van der Waals surface area contributed by atoms with Crippen molar-refractivity contribution in [3.63, 3.8) is 0 Å². The molecule has 1 fully saturated rings. The summed E-state index contributed by atoms with van der Waals surface area (Å²) in [6.45, 7) is 4.15. The molecule has 160 valence electrons. The monoisotopic (exact) mass is 415 g/mol. The zero-order valence-corrected chi connectivity index (χ0v) is 17.8. The highest BCUT2D eigenvalue weighted by Crippen LogP contribution is 2.30. The van der Waals surface area contributed by atoms with Crippen molar-refractivity contribution in [1.82, 2.24) is 10.2 Å². The number of hydrogen-bond donors (Lipinski definition) is 3. The second-order valence-electron chi connectivity index (χ2n) is 8.30. The van der Waals surface area contributed by atoms with E-state index in [0.717, 1.165) is 42.2 Å². The van der Waals surface area contributed by atoms with Crippen LogP contribution in [0.1, 0.15) is 22.3 Å². The largest absolute Gasteiger partial charge is 0.506 e. The molecule has 1 atom stereocenters. The summed E-state index contributed by atoms with van der Waals surface area (Å²) in [7, 11) is 2.17. The summed E-state index contributed by atoms with van der Waals surface area (Å²) >= 11 is 0. The van der Waals surface area contributed by atoms with Gasteiger partial charge in [0.1, 0.15) is 5.75 Å². The summed E-state index contributed by atoms with van der Waals surface area (Å²) < 4.78 is 0. The van der Waals surface area contributed by atoms with Crippen LogP contribution in [0.5, 0.6) is 5.75 Å². The van der Waals surface area contributed by atoms with Crippen LogP contribution in [0.25, 0.3) is 11.1 Å². The molecule has 1 saturated heterocycles. The van der Waals surface area contributed by atoms with Gasteiger partial charge in [0, 0.05) is 18.7 Å². The summed E-state index contributed by atoms with van der Waals surface area (Å²) in [6.07, 6.45) is 1.25. The number of rotatable bonds is 7. The number of nitrogens with one attached hydrogen (secondary N) is 2. The predicted octanol–water partition coefficient (Wildman–Crippen LogP) is 4.35. The van der Waals surface area contributed by atoms with Crippen molar-refractivity contribution in [3.8, 4) is 16.9 Å². The summed E-state index contributed by atoms with van der Waals surface area (Å²) in [5.41, 5.74) is 4.07. The van der Waals surface area contributed by atoms with Crippen molar-refractivity contribution in [2.45, 2.75) is 13.0 Å². The van der Waals surface area contributed by atoms with E-state index in [1.807, 2.05) is 60.7 Å². The third-order valence-electron chi connectivity index (χ3n) is 5.82. The fourth-order valence-electron chi connectivity index (χ4n) is 4.03. The van der Waals surface area contributed by atoms with E-state index < -0.39 is 0 Å². The van der Waals surface area contributed by atoms with Crippen LogP contribution >= 0.6 is 0 Å². The Morgan fingerprint density at radius 2 is 1.81 bits per heavy atom. The van der Waals surface area contributed by atoms with Gasteiger partial charge in [-0.05, 0) is 73.4 Å². The smallest absolute Gasteiger partial charge is 0.255 e. The minimum atomic E-state index is -0.242. The van der Waals surface area contributed by atoms with Crippen molar-refractivity contribution in [3.05, 3.63) is 83.9 Å². The van der Waals surface area contributed by atoms with Crippen molar-refractivity contribution in [1.29, 1.82) is 0 Å². The quantitative estimate of drug-likeness (QED) is 0.502. The molecule has 1 heterocycles. The molecule has 0 saturated carbocycles. The van der Waals surface area contributed by atoms with E-state index in [9.17, 15) is 9.90 Å². The lowest BCUT2D eigenvalue weighted by Gasteiger charge is -2.12. The number of amides is 1. The van der Waals surface area contributed by atoms with Crippen LogP contribution in [-0.4, -0.2) is 42.6 Å². The maximum absolute atomic E-state index is 12.7. The van der Waals surface area contributed by atoms with Crippen molar-refractivity contribution < 1.29 is 9.90 Å². The molecular weight excluding hydrogens is 386 g/mol. The first-order valence-electron chi connectivity index (χ1n) is 10.8. The second-order valence-corrected chi connectivity index (χ2v) is 8.30. The van der Waals surface area contributed by atoms with Crippen LogP contribution < -0.4 is 10.6 Å². The molecule has 1 aliphatic rings. The average molecular weight is 416 g/mol. The predicted molar refractivity (Wildman–Crippen MR) is 125 cm³/mol. The van der Waals surface area contributed by atoms with Gasteiger partial charge in [-0.25, -0.2) is 0 Å². The number of aromatic hydroxyl groups is 1. The number of phenols is 1. The zero-order valence-electron chi connectivity index (χ0n) is 17.8. The van der Waals surface area contributed by atoms with E-state index in [-0.39, 0.29) is 11.7 Å². The molecular formula is C26H29N3O2. The van der Waals surface area contributed by atoms with Crippen molar-refractivity contribution in [2.24, 2.45) is 5.92 Å². The topological polar surface area (TPSA) is 64.6 Å². The molecule has 0 radical (unpaired) electrons. The maximum atomic E-state index is 12.7. The van der Waals surface area contributed by atoms with E-state index in [1.165, 1.54) is 13.0 Å². The van der Waals surface area contributed by atoms with Gasteiger partial charge in [0.05, 0.1) is 5.69 Å². The van der Waals surface area contributed by atoms with E-state index in [0.29, 0.717) is 11.3 Å². The normalized spacial score (nSPS) is 16.4. The lowest BCUT2D eigenvalue weighted by atomic mass is 10.0. The Morgan fingerprint density at radius 1 is 1.03 bits per heavy atom. The molecule has 0 bridgehead atoms. The van der Waals surface area contributed by atoms with Gasteiger partial charge in [-0.1, -0.05) is 48.5 Å². The van der Waals surface area contributed by atoms with Crippen LogP contribution in [0, 0.1) is 5.92 Å². The van der Waals surface area contributed by atoms with Gasteiger partial charge < -0.3 is 20.6 Å². The Hall–Kier alpha value is -3.15. The number of carbonyl (C=O) groups is 1. The van der Waals surface area contributed by atoms with Gasteiger partial charge >= 0.3 is 0 Å². The number of likely N-dealkylation sites (tertiary alicyclic amines) is 1. The molecule has 1 unspecified atom stereocenters. The number of nitrogens with zero attached hydrogens (tertiary/aromatic N) is 1. The summed E-state index contributed by atoms with van der Waals surface area (Å²) in [5.74, 6) is 0.523. The molecule has 3 aromatic carbocycles. The number of carbonyl (C=O) groups excluding carboxylic acids is 1. The molecule has 1 amide bonds. The van der Waals surface area contributed by atoms with E-state index >= 15 is 0 Å². The highest BCUT2D eigenvalue weighted by molar-refractivity contribution is 6.05. The molecule has 3 N–H and O–H groups in total. The third kappa shape index (κ3) is 5.51. The minimum absolute atomic E-state index is 0.0476. The lowest BCUT2D eigenvalue weighted by molar-refractivity contribution is 0.102. The Morgan fingerprint density at radius 3 is 2.52 bits per heavy atom. The first-order valence-corrected chi connectivity index (χ1v) is 10.8. The number of hydrogen-bond acceptors (Lipinski definition) is 4. The Balaban J connectivity index is 1.35. The van der Waals surface area contributed by atoms with Crippen LogP contribution in [0.3, 0.4) is 0 Å². The number of benzene rings is 3. The van der Waals surface area contributed by atoms with Gasteiger partial charge in [0.25, 0.3) is 5.91 Å². The molecule has 0 aliphatic carbocycles. The summed E-state index contributed by atoms with van der Waals surface area (Å²) in [5, 5.41) is 16.6. The van der Waals surface area contributed by atoms with E-state index in [4.69, 9.17) is 0 Å². The molecule has 4 rings (SSSR count). The van der Waals surface area contributed by atoms with E-state index in [1.54, 1.807) is 12.1 Å². The van der Waals surface area contributed by atoms with Crippen LogP contribution in [0.4, 0.5) is 5.69 Å². The fraction of sp³-hybridized carbons (Fsp3) is 0.269. The van der Waals surface area contributed by atoms with Crippen molar-refractivity contribution >= 4 is 11.6 Å². The van der Waals surface area contributed by atoms with Gasteiger partial charge in [-0.3, -0.25) is 4.79 Å². The molecule has 1 aliphatic heterocycles. The minimum Gasteiger partial charge on any atom is -0.506 e. The SMILES string of the molecule is CN1CCC(CNCc2ccc(C(=O)Nc3cc(-c4ccccc4)ccc3O)cc2)C1. The third-order valence-corrected chi connectivity index (χ3v) is 5.82. The van der Waals surface area contributed by atoms with Crippen LogP contribution in [0.15, 0.2) is 72.8 Å². The summed E-state index contributed by atoms with van der Waals surface area (Å²) in [6, 6.07) is 22.7. The Kier molecular flexibility index (Phi) is 6.65. The maximum Gasteiger partial charge on any atom is 0.255 e. The van der Waals surface area contributed by atoms with Gasteiger partial charge in [-0.2, -0.15) is 0 Å².